The van der Waals surface area contributed by atoms with Crippen LogP contribution in [0, 0.1) is 5.82 Å². The molecular weight excluding hydrogens is 422 g/mol. The highest BCUT2D eigenvalue weighted by atomic mass is 79.9. The molecule has 19 heavy (non-hydrogen) atoms. The first-order valence-corrected chi connectivity index (χ1v) is 7.52. The van der Waals surface area contributed by atoms with E-state index in [1.807, 2.05) is 0 Å². The third-order valence-corrected chi connectivity index (χ3v) is 5.09. The van der Waals surface area contributed by atoms with Gasteiger partial charge in [-0.15, -0.1) is 0 Å². The molecule has 2 aromatic carbocycles. The van der Waals surface area contributed by atoms with E-state index in [1.54, 1.807) is 24.3 Å². The van der Waals surface area contributed by atoms with Gasteiger partial charge in [0.1, 0.15) is 11.9 Å². The highest BCUT2D eigenvalue weighted by Gasteiger charge is 2.19. The van der Waals surface area contributed by atoms with Gasteiger partial charge >= 0.3 is 0 Å². The van der Waals surface area contributed by atoms with Gasteiger partial charge in [0, 0.05) is 14.5 Å². The summed E-state index contributed by atoms with van der Waals surface area (Å²) in [4.78, 5) is 0. The summed E-state index contributed by atoms with van der Waals surface area (Å²) in [5.41, 5.74) is 0.635. The van der Waals surface area contributed by atoms with E-state index in [1.165, 1.54) is 6.07 Å². The van der Waals surface area contributed by atoms with Crippen LogP contribution in [-0.4, -0.2) is 5.11 Å². The second-order valence-corrected chi connectivity index (χ2v) is 6.33. The van der Waals surface area contributed by atoms with Crippen molar-refractivity contribution in [3.63, 3.8) is 0 Å². The maximum absolute atomic E-state index is 14.0. The second kappa shape index (κ2) is 6.10. The molecule has 0 fully saturated rings. The fourth-order valence-corrected chi connectivity index (χ4v) is 2.61. The molecule has 0 aliphatic heterocycles. The van der Waals surface area contributed by atoms with Gasteiger partial charge in [0.25, 0.3) is 0 Å². The van der Waals surface area contributed by atoms with Crippen molar-refractivity contribution >= 4 is 55.1 Å². The molecule has 6 heteroatoms. The molecule has 1 unspecified atom stereocenters. The first kappa shape index (κ1) is 15.3. The van der Waals surface area contributed by atoms with E-state index in [2.05, 4.69) is 31.9 Å². The zero-order valence-electron chi connectivity index (χ0n) is 9.30. The summed E-state index contributed by atoms with van der Waals surface area (Å²) in [5.74, 6) is -0.644. The SMILES string of the molecule is OC(c1ccc(Cl)c(Br)c1)c1ccc(Br)c(Cl)c1F. The molecule has 0 amide bonds. The minimum absolute atomic E-state index is 0.0513. The molecule has 2 aromatic rings. The topological polar surface area (TPSA) is 20.2 Å². The van der Waals surface area contributed by atoms with E-state index in [4.69, 9.17) is 23.2 Å². The van der Waals surface area contributed by atoms with Crippen molar-refractivity contribution in [3.8, 4) is 0 Å². The summed E-state index contributed by atoms with van der Waals surface area (Å²) in [6, 6.07) is 7.98. The third-order valence-electron chi connectivity index (χ3n) is 2.62. The molecule has 0 spiro atoms. The van der Waals surface area contributed by atoms with E-state index in [-0.39, 0.29) is 10.6 Å². The molecule has 0 heterocycles. The normalized spacial score (nSPS) is 12.5. The van der Waals surface area contributed by atoms with Crippen LogP contribution in [0.25, 0.3) is 0 Å². The molecule has 0 saturated carbocycles. The maximum atomic E-state index is 14.0. The summed E-state index contributed by atoms with van der Waals surface area (Å²) < 4.78 is 15.1. The molecule has 1 nitrogen and oxygen atoms in total. The van der Waals surface area contributed by atoms with Gasteiger partial charge in [-0.25, -0.2) is 4.39 Å². The van der Waals surface area contributed by atoms with E-state index in [9.17, 15) is 9.50 Å². The van der Waals surface area contributed by atoms with Crippen molar-refractivity contribution in [2.75, 3.05) is 0 Å². The van der Waals surface area contributed by atoms with Gasteiger partial charge in [-0.2, -0.15) is 0 Å². The predicted molar refractivity (Wildman–Crippen MR) is 82.3 cm³/mol. The lowest BCUT2D eigenvalue weighted by Gasteiger charge is -2.14. The summed E-state index contributed by atoms with van der Waals surface area (Å²) in [6.45, 7) is 0. The van der Waals surface area contributed by atoms with Crippen LogP contribution in [0.4, 0.5) is 4.39 Å². The third kappa shape index (κ3) is 3.14. The lowest BCUT2D eigenvalue weighted by atomic mass is 10.0. The van der Waals surface area contributed by atoms with E-state index >= 15 is 0 Å². The highest BCUT2D eigenvalue weighted by Crippen LogP contribution is 2.34. The Morgan fingerprint density at radius 2 is 1.74 bits per heavy atom. The van der Waals surface area contributed by atoms with Crippen LogP contribution < -0.4 is 0 Å². The summed E-state index contributed by atoms with van der Waals surface area (Å²) in [7, 11) is 0. The van der Waals surface area contributed by atoms with Crippen molar-refractivity contribution in [2.24, 2.45) is 0 Å². The van der Waals surface area contributed by atoms with E-state index in [0.29, 0.717) is 19.5 Å². The van der Waals surface area contributed by atoms with E-state index < -0.39 is 11.9 Å². The number of aliphatic hydroxyl groups excluding tert-OH is 1. The lowest BCUT2D eigenvalue weighted by molar-refractivity contribution is 0.215. The smallest absolute Gasteiger partial charge is 0.149 e. The molecule has 0 bridgehead atoms. The van der Waals surface area contributed by atoms with Gasteiger partial charge in [-0.3, -0.25) is 0 Å². The Balaban J connectivity index is 2.47. The van der Waals surface area contributed by atoms with Crippen LogP contribution in [0.1, 0.15) is 17.2 Å². The van der Waals surface area contributed by atoms with Gasteiger partial charge in [0.2, 0.25) is 0 Å². The fourth-order valence-electron chi connectivity index (χ4n) is 1.61. The Labute approximate surface area is 136 Å². The quantitative estimate of drug-likeness (QED) is 0.605. The molecule has 0 aromatic heterocycles. The number of rotatable bonds is 2. The molecule has 100 valence electrons. The second-order valence-electron chi connectivity index (χ2n) is 3.84. The van der Waals surface area contributed by atoms with Crippen LogP contribution in [0.15, 0.2) is 39.3 Å². The molecule has 1 atom stereocenters. The van der Waals surface area contributed by atoms with E-state index in [0.717, 1.165) is 0 Å². The Hall–Kier alpha value is -0.130. The number of hydrogen-bond acceptors (Lipinski definition) is 1. The monoisotopic (exact) mass is 426 g/mol. The molecule has 0 saturated heterocycles. The average Bonchev–Trinajstić information content (AvgIpc) is 2.39. The van der Waals surface area contributed by atoms with Crippen LogP contribution in [0.5, 0.6) is 0 Å². The largest absolute Gasteiger partial charge is 0.384 e. The van der Waals surface area contributed by atoms with Crippen molar-refractivity contribution in [1.29, 1.82) is 0 Å². The maximum Gasteiger partial charge on any atom is 0.149 e. The molecule has 0 aliphatic rings. The molecule has 0 aliphatic carbocycles. The van der Waals surface area contributed by atoms with Gasteiger partial charge in [0.05, 0.1) is 10.0 Å². The zero-order valence-corrected chi connectivity index (χ0v) is 14.0. The summed E-state index contributed by atoms with van der Waals surface area (Å²) in [5, 5.41) is 10.7. The molecular formula is C13H7Br2Cl2FO. The first-order valence-electron chi connectivity index (χ1n) is 5.18. The van der Waals surface area contributed by atoms with Gasteiger partial charge in [-0.05, 0) is 55.6 Å². The van der Waals surface area contributed by atoms with Crippen LogP contribution in [-0.2, 0) is 0 Å². The number of aliphatic hydroxyl groups is 1. The van der Waals surface area contributed by atoms with Crippen LogP contribution in [0.2, 0.25) is 10.0 Å². The molecule has 1 N–H and O–H groups in total. The highest BCUT2D eigenvalue weighted by molar-refractivity contribution is 9.10. The lowest BCUT2D eigenvalue weighted by Crippen LogP contribution is -2.03. The predicted octanol–water partition coefficient (Wildman–Crippen LogP) is 5.74. The minimum Gasteiger partial charge on any atom is -0.384 e. The molecule has 0 radical (unpaired) electrons. The fraction of sp³-hybridized carbons (Fsp3) is 0.0769. The summed E-state index contributed by atoms with van der Waals surface area (Å²) >= 11 is 18.1. The van der Waals surface area contributed by atoms with Gasteiger partial charge in [-0.1, -0.05) is 35.3 Å². The Morgan fingerprint density at radius 1 is 1.05 bits per heavy atom. The number of halogens is 5. The number of hydrogen-bond donors (Lipinski definition) is 1. The van der Waals surface area contributed by atoms with Crippen molar-refractivity contribution < 1.29 is 9.50 Å². The first-order chi connectivity index (χ1) is 8.91. The Morgan fingerprint density at radius 3 is 2.37 bits per heavy atom. The van der Waals surface area contributed by atoms with Crippen molar-refractivity contribution in [3.05, 3.63) is 66.3 Å². The van der Waals surface area contributed by atoms with Gasteiger partial charge < -0.3 is 5.11 Å². The van der Waals surface area contributed by atoms with Crippen molar-refractivity contribution in [2.45, 2.75) is 6.10 Å². The van der Waals surface area contributed by atoms with Crippen LogP contribution in [0.3, 0.4) is 0 Å². The zero-order chi connectivity index (χ0) is 14.2. The average molecular weight is 429 g/mol. The Bertz CT molecular complexity index is 634. The number of benzene rings is 2. The minimum atomic E-state index is -1.11. The van der Waals surface area contributed by atoms with Crippen LogP contribution >= 0.6 is 55.1 Å². The Kier molecular flexibility index (Phi) is 4.90. The van der Waals surface area contributed by atoms with Gasteiger partial charge in [0.15, 0.2) is 0 Å². The molecule has 2 rings (SSSR count). The van der Waals surface area contributed by atoms with Crippen molar-refractivity contribution in [1.82, 2.24) is 0 Å². The standard InChI is InChI=1S/C13H7Br2Cl2FO/c14-8-3-2-7(12(18)11(8)17)13(19)6-1-4-10(16)9(15)5-6/h1-5,13,19H. The summed E-state index contributed by atoms with van der Waals surface area (Å²) in [6.07, 6.45) is -1.11.